The highest BCUT2D eigenvalue weighted by molar-refractivity contribution is 5.81. The number of ether oxygens (including phenoxy) is 1. The average Bonchev–Trinajstić information content (AvgIpc) is 1.83. The van der Waals surface area contributed by atoms with Crippen molar-refractivity contribution in [3.63, 3.8) is 0 Å². The highest BCUT2D eigenvalue weighted by Gasteiger charge is 1.97. The van der Waals surface area contributed by atoms with Crippen LogP contribution in [0.2, 0.25) is 0 Å². The summed E-state index contributed by atoms with van der Waals surface area (Å²) in [5.74, 6) is -0.504. The number of rotatable bonds is 3. The molecule has 4 heteroatoms. The van der Waals surface area contributed by atoms with Gasteiger partial charge in [-0.05, 0) is 6.92 Å². The Balaban J connectivity index is 0. The van der Waals surface area contributed by atoms with E-state index >= 15 is 0 Å². The van der Waals surface area contributed by atoms with Gasteiger partial charge in [0.15, 0.2) is 0 Å². The molecular formula is C6H12O4. The van der Waals surface area contributed by atoms with Crippen LogP contribution >= 0.6 is 0 Å². The number of esters is 1. The van der Waals surface area contributed by atoms with Crippen molar-refractivity contribution in [2.45, 2.75) is 13.0 Å². The van der Waals surface area contributed by atoms with Gasteiger partial charge < -0.3 is 15.3 Å². The van der Waals surface area contributed by atoms with Gasteiger partial charge in [-0.1, -0.05) is 6.58 Å². The van der Waals surface area contributed by atoms with Gasteiger partial charge >= 0.3 is 5.97 Å². The highest BCUT2D eigenvalue weighted by Crippen LogP contribution is 1.83. The highest BCUT2D eigenvalue weighted by atomic mass is 16.5. The summed E-state index contributed by atoms with van der Waals surface area (Å²) in [6.07, 6.45) is 0.455. The third-order valence-corrected chi connectivity index (χ3v) is 0.633. The molecule has 0 aliphatic carbocycles. The Labute approximate surface area is 59.4 Å². The van der Waals surface area contributed by atoms with Crippen molar-refractivity contribution in [1.29, 1.82) is 0 Å². The normalized spacial score (nSPS) is 11.0. The molecule has 0 radical (unpaired) electrons. The summed E-state index contributed by atoms with van der Waals surface area (Å²) >= 11 is 0. The molecule has 0 saturated carbocycles. The van der Waals surface area contributed by atoms with Gasteiger partial charge in [-0.15, -0.1) is 0 Å². The smallest absolute Gasteiger partial charge is 0.330 e. The van der Waals surface area contributed by atoms with E-state index in [0.717, 1.165) is 6.08 Å². The quantitative estimate of drug-likeness (QED) is 0.423. The lowest BCUT2D eigenvalue weighted by Gasteiger charge is -2.02. The molecule has 0 spiro atoms. The number of carbonyl (C=O) groups excluding carboxylic acids is 1. The Bertz CT molecular complexity index is 108. The minimum absolute atomic E-state index is 0. The zero-order chi connectivity index (χ0) is 7.28. The molecule has 0 aliphatic rings. The summed E-state index contributed by atoms with van der Waals surface area (Å²) < 4.78 is 4.45. The van der Waals surface area contributed by atoms with Crippen LogP contribution in [0.5, 0.6) is 0 Å². The summed E-state index contributed by atoms with van der Waals surface area (Å²) in [5.41, 5.74) is 0. The first-order valence-electron chi connectivity index (χ1n) is 2.64. The molecule has 0 aromatic carbocycles. The predicted molar refractivity (Wildman–Crippen MR) is 36.5 cm³/mol. The number of carbonyl (C=O) groups is 1. The van der Waals surface area contributed by atoms with Crippen LogP contribution in [0.1, 0.15) is 6.92 Å². The van der Waals surface area contributed by atoms with Crippen LogP contribution in [-0.4, -0.2) is 29.3 Å². The lowest BCUT2D eigenvalue weighted by molar-refractivity contribution is -0.140. The summed E-state index contributed by atoms with van der Waals surface area (Å²) in [6.45, 7) is 4.75. The first-order chi connectivity index (χ1) is 4.16. The second-order valence-electron chi connectivity index (χ2n) is 1.68. The maximum absolute atomic E-state index is 10.3. The second kappa shape index (κ2) is 6.25. The van der Waals surface area contributed by atoms with E-state index in [1.54, 1.807) is 0 Å². The van der Waals surface area contributed by atoms with Crippen LogP contribution in [0.25, 0.3) is 0 Å². The van der Waals surface area contributed by atoms with Crippen molar-refractivity contribution >= 4 is 5.97 Å². The summed E-state index contributed by atoms with van der Waals surface area (Å²) in [7, 11) is 0. The standard InChI is InChI=1S/C6H10O3.H2O/c1-3-6(8)9-4-5(2)7;/h3,5,7H,1,4H2,2H3;1H2. The maximum Gasteiger partial charge on any atom is 0.330 e. The molecule has 1 unspecified atom stereocenters. The molecular weight excluding hydrogens is 136 g/mol. The Morgan fingerprint density at radius 1 is 1.90 bits per heavy atom. The molecule has 0 saturated heterocycles. The van der Waals surface area contributed by atoms with Crippen LogP contribution < -0.4 is 0 Å². The summed E-state index contributed by atoms with van der Waals surface area (Å²) in [5, 5.41) is 8.59. The Morgan fingerprint density at radius 2 is 2.40 bits per heavy atom. The lowest BCUT2D eigenvalue weighted by atomic mass is 10.4. The Morgan fingerprint density at radius 3 is 2.70 bits per heavy atom. The maximum atomic E-state index is 10.3. The van der Waals surface area contributed by atoms with Crippen LogP contribution in [-0.2, 0) is 9.53 Å². The summed E-state index contributed by atoms with van der Waals surface area (Å²) in [6, 6.07) is 0. The van der Waals surface area contributed by atoms with E-state index in [4.69, 9.17) is 5.11 Å². The molecule has 0 heterocycles. The van der Waals surface area contributed by atoms with Crippen molar-refractivity contribution in [1.82, 2.24) is 0 Å². The molecule has 3 N–H and O–H groups in total. The fourth-order valence-corrected chi connectivity index (χ4v) is 0.262. The first-order valence-corrected chi connectivity index (χ1v) is 2.64. The van der Waals surface area contributed by atoms with E-state index in [2.05, 4.69) is 11.3 Å². The first kappa shape index (κ1) is 11.9. The Kier molecular flexibility index (Phi) is 7.42. The number of hydrogen-bond donors (Lipinski definition) is 1. The van der Waals surface area contributed by atoms with Crippen molar-refractivity contribution in [3.05, 3.63) is 12.7 Å². The fourth-order valence-electron chi connectivity index (χ4n) is 0.262. The van der Waals surface area contributed by atoms with Gasteiger partial charge in [-0.25, -0.2) is 4.79 Å². The topological polar surface area (TPSA) is 78.0 Å². The minimum Gasteiger partial charge on any atom is -0.460 e. The largest absolute Gasteiger partial charge is 0.460 e. The van der Waals surface area contributed by atoms with E-state index in [0.29, 0.717) is 0 Å². The molecule has 1 atom stereocenters. The Hall–Kier alpha value is -0.870. The van der Waals surface area contributed by atoms with Gasteiger partial charge in [0.1, 0.15) is 6.61 Å². The van der Waals surface area contributed by atoms with E-state index in [1.165, 1.54) is 6.92 Å². The van der Waals surface area contributed by atoms with Crippen LogP contribution in [0.15, 0.2) is 12.7 Å². The van der Waals surface area contributed by atoms with Crippen LogP contribution in [0, 0.1) is 0 Å². The SMILES string of the molecule is C=CC(=O)OCC(C)O.O. The van der Waals surface area contributed by atoms with Gasteiger partial charge in [-0.2, -0.15) is 0 Å². The van der Waals surface area contributed by atoms with E-state index in [1.807, 2.05) is 0 Å². The molecule has 0 aromatic rings. The van der Waals surface area contributed by atoms with Gasteiger partial charge in [0.2, 0.25) is 0 Å². The minimum atomic E-state index is -0.603. The molecule has 0 amide bonds. The third-order valence-electron chi connectivity index (χ3n) is 0.633. The van der Waals surface area contributed by atoms with E-state index in [9.17, 15) is 4.79 Å². The zero-order valence-corrected chi connectivity index (χ0v) is 5.83. The van der Waals surface area contributed by atoms with Gasteiger partial charge in [0, 0.05) is 6.08 Å². The molecule has 0 aliphatic heterocycles. The second-order valence-corrected chi connectivity index (χ2v) is 1.68. The third kappa shape index (κ3) is 7.13. The van der Waals surface area contributed by atoms with E-state index < -0.39 is 12.1 Å². The van der Waals surface area contributed by atoms with Gasteiger partial charge in [0.05, 0.1) is 6.10 Å². The van der Waals surface area contributed by atoms with Crippen molar-refractivity contribution in [2.75, 3.05) is 6.61 Å². The van der Waals surface area contributed by atoms with Gasteiger partial charge in [-0.3, -0.25) is 0 Å². The monoisotopic (exact) mass is 148 g/mol. The van der Waals surface area contributed by atoms with Gasteiger partial charge in [0.25, 0.3) is 0 Å². The van der Waals surface area contributed by atoms with Crippen molar-refractivity contribution in [3.8, 4) is 0 Å². The number of aliphatic hydroxyl groups is 1. The molecule has 0 aromatic heterocycles. The lowest BCUT2D eigenvalue weighted by Crippen LogP contribution is -2.13. The van der Waals surface area contributed by atoms with E-state index in [-0.39, 0.29) is 12.1 Å². The van der Waals surface area contributed by atoms with Crippen molar-refractivity contribution < 1.29 is 20.1 Å². The van der Waals surface area contributed by atoms with Crippen LogP contribution in [0.3, 0.4) is 0 Å². The van der Waals surface area contributed by atoms with Crippen LogP contribution in [0.4, 0.5) is 0 Å². The predicted octanol–water partition coefficient (Wildman–Crippen LogP) is -0.728. The molecule has 10 heavy (non-hydrogen) atoms. The average molecular weight is 148 g/mol. The molecule has 0 fully saturated rings. The molecule has 0 bridgehead atoms. The fraction of sp³-hybridized carbons (Fsp3) is 0.500. The zero-order valence-electron chi connectivity index (χ0n) is 5.83. The number of hydrogen-bond acceptors (Lipinski definition) is 3. The summed E-state index contributed by atoms with van der Waals surface area (Å²) in [4.78, 5) is 10.3. The molecule has 4 nitrogen and oxygen atoms in total. The van der Waals surface area contributed by atoms with Crippen molar-refractivity contribution in [2.24, 2.45) is 0 Å². The number of aliphatic hydroxyl groups excluding tert-OH is 1. The molecule has 0 rings (SSSR count). The molecule has 60 valence electrons.